The van der Waals surface area contributed by atoms with Crippen molar-refractivity contribution in [3.05, 3.63) is 60.3 Å². The summed E-state index contributed by atoms with van der Waals surface area (Å²) in [6.45, 7) is 0. The minimum absolute atomic E-state index is 0.255. The summed E-state index contributed by atoms with van der Waals surface area (Å²) in [4.78, 5) is 22.3. The van der Waals surface area contributed by atoms with Gasteiger partial charge in [-0.3, -0.25) is 15.1 Å². The normalized spacial score (nSPS) is 14.5. The van der Waals surface area contributed by atoms with Gasteiger partial charge in [-0.05, 0) is 56.0 Å². The highest BCUT2D eigenvalue weighted by molar-refractivity contribution is 7.13. The fourth-order valence-corrected chi connectivity index (χ4v) is 5.66. The van der Waals surface area contributed by atoms with Crippen LogP contribution in [0.5, 0.6) is 5.75 Å². The molecular formula is C27H22FN7OS. The summed E-state index contributed by atoms with van der Waals surface area (Å²) in [5, 5.41) is 8.06. The average molecular weight is 512 g/mol. The Balaban J connectivity index is 1.26. The highest BCUT2D eigenvalue weighted by Crippen LogP contribution is 2.34. The maximum Gasteiger partial charge on any atom is 0.177 e. The van der Waals surface area contributed by atoms with Crippen molar-refractivity contribution < 1.29 is 9.13 Å². The molecule has 7 rings (SSSR count). The number of rotatable bonds is 5. The molecule has 2 N–H and O–H groups in total. The molecule has 1 aliphatic rings. The number of ether oxygens (including phenoxy) is 1. The number of halogens is 1. The van der Waals surface area contributed by atoms with E-state index in [1.165, 1.54) is 25.3 Å². The molecule has 0 bridgehead atoms. The van der Waals surface area contributed by atoms with Crippen molar-refractivity contribution in [2.45, 2.75) is 38.2 Å². The number of aromatic nitrogens is 7. The van der Waals surface area contributed by atoms with Crippen LogP contribution in [-0.4, -0.2) is 41.2 Å². The fraction of sp³-hybridized carbons (Fsp3) is 0.222. The van der Waals surface area contributed by atoms with Gasteiger partial charge >= 0.3 is 0 Å². The van der Waals surface area contributed by atoms with Crippen molar-refractivity contribution in [1.29, 1.82) is 0 Å². The third-order valence-electron chi connectivity index (χ3n) is 6.75. The first-order chi connectivity index (χ1) is 18.2. The number of H-pyrrole nitrogens is 2. The van der Waals surface area contributed by atoms with Crippen molar-refractivity contribution >= 4 is 33.4 Å². The van der Waals surface area contributed by atoms with Gasteiger partial charge in [-0.25, -0.2) is 9.97 Å². The van der Waals surface area contributed by atoms with Crippen LogP contribution in [0.4, 0.5) is 4.39 Å². The monoisotopic (exact) mass is 511 g/mol. The summed E-state index contributed by atoms with van der Waals surface area (Å²) >= 11 is 1.05. The van der Waals surface area contributed by atoms with Gasteiger partial charge in [-0.1, -0.05) is 6.42 Å². The molecule has 6 heterocycles. The Bertz CT molecular complexity index is 1730. The molecule has 8 nitrogen and oxygen atoms in total. The predicted molar refractivity (Wildman–Crippen MR) is 141 cm³/mol. The molecule has 0 amide bonds. The largest absolute Gasteiger partial charge is 0.489 e. The second-order valence-corrected chi connectivity index (χ2v) is 10.3. The van der Waals surface area contributed by atoms with E-state index in [0.29, 0.717) is 28.4 Å². The molecule has 1 aliphatic carbocycles. The van der Waals surface area contributed by atoms with E-state index >= 15 is 0 Å². The molecule has 0 aromatic carbocycles. The first-order valence-electron chi connectivity index (χ1n) is 12.3. The van der Waals surface area contributed by atoms with Crippen LogP contribution in [-0.2, 0) is 0 Å². The molecule has 1 saturated carbocycles. The summed E-state index contributed by atoms with van der Waals surface area (Å²) in [5.74, 6) is 1.36. The summed E-state index contributed by atoms with van der Waals surface area (Å²) in [6, 6.07) is 9.05. The van der Waals surface area contributed by atoms with Crippen LogP contribution in [0.15, 0.2) is 55.1 Å². The van der Waals surface area contributed by atoms with Gasteiger partial charge in [0.1, 0.15) is 22.7 Å². The smallest absolute Gasteiger partial charge is 0.177 e. The molecule has 0 aliphatic heterocycles. The minimum atomic E-state index is -0.260. The van der Waals surface area contributed by atoms with Crippen molar-refractivity contribution in [3.63, 3.8) is 0 Å². The zero-order valence-corrected chi connectivity index (χ0v) is 20.6. The van der Waals surface area contributed by atoms with Gasteiger partial charge in [0.2, 0.25) is 0 Å². The van der Waals surface area contributed by atoms with Crippen LogP contribution in [0.25, 0.3) is 55.3 Å². The second-order valence-electron chi connectivity index (χ2n) is 9.22. The highest BCUT2D eigenvalue weighted by atomic mass is 32.1. The number of hydrogen-bond acceptors (Lipinski definition) is 7. The first-order valence-corrected chi connectivity index (χ1v) is 13.1. The number of nitrogens with zero attached hydrogens (tertiary/aromatic N) is 5. The number of thiophene rings is 1. The SMILES string of the molecule is Fc1ccc(-c2nccc3[nH]c(-c4n[nH]c5ncc(-c6cncc(OC7CCCCC7)c6)cc45)nc23)s1. The first kappa shape index (κ1) is 22.1. The molecule has 0 unspecified atom stereocenters. The lowest BCUT2D eigenvalue weighted by Crippen LogP contribution is -2.19. The van der Waals surface area contributed by atoms with Crippen LogP contribution < -0.4 is 4.74 Å². The molecule has 0 saturated heterocycles. The molecule has 6 aromatic rings. The second kappa shape index (κ2) is 9.04. The van der Waals surface area contributed by atoms with Gasteiger partial charge in [0.25, 0.3) is 0 Å². The molecule has 0 atom stereocenters. The highest BCUT2D eigenvalue weighted by Gasteiger charge is 2.19. The van der Waals surface area contributed by atoms with Crippen LogP contribution in [0.1, 0.15) is 32.1 Å². The summed E-state index contributed by atoms with van der Waals surface area (Å²) in [7, 11) is 0. The van der Waals surface area contributed by atoms with E-state index in [-0.39, 0.29) is 11.2 Å². The Morgan fingerprint density at radius 2 is 1.84 bits per heavy atom. The number of aromatic amines is 2. The maximum atomic E-state index is 13.7. The van der Waals surface area contributed by atoms with Crippen LogP contribution in [0.3, 0.4) is 0 Å². The quantitative estimate of drug-likeness (QED) is 0.272. The lowest BCUT2D eigenvalue weighted by molar-refractivity contribution is 0.154. The van der Waals surface area contributed by atoms with Gasteiger partial charge in [-0.15, -0.1) is 11.3 Å². The molecule has 184 valence electrons. The van der Waals surface area contributed by atoms with Gasteiger partial charge < -0.3 is 9.72 Å². The Morgan fingerprint density at radius 3 is 2.70 bits per heavy atom. The topological polar surface area (TPSA) is 105 Å². The predicted octanol–water partition coefficient (Wildman–Crippen LogP) is 6.54. The van der Waals surface area contributed by atoms with Crippen molar-refractivity contribution in [2.75, 3.05) is 0 Å². The van der Waals surface area contributed by atoms with Crippen molar-refractivity contribution in [2.24, 2.45) is 0 Å². The molecule has 0 spiro atoms. The van der Waals surface area contributed by atoms with Gasteiger partial charge in [0.15, 0.2) is 16.6 Å². The Kier molecular flexibility index (Phi) is 5.39. The lowest BCUT2D eigenvalue weighted by Gasteiger charge is -2.23. The van der Waals surface area contributed by atoms with Crippen LogP contribution in [0, 0.1) is 5.13 Å². The third-order valence-corrected chi connectivity index (χ3v) is 7.63. The number of hydrogen-bond donors (Lipinski definition) is 2. The van der Waals surface area contributed by atoms with E-state index in [2.05, 4.69) is 30.1 Å². The van der Waals surface area contributed by atoms with E-state index in [1.807, 2.05) is 24.4 Å². The van der Waals surface area contributed by atoms with Crippen LogP contribution >= 0.6 is 11.3 Å². The summed E-state index contributed by atoms with van der Waals surface area (Å²) in [5.41, 5.74) is 5.22. The van der Waals surface area contributed by atoms with Crippen LogP contribution in [0.2, 0.25) is 0 Å². The Labute approximate surface area is 215 Å². The number of nitrogens with one attached hydrogen (secondary N) is 2. The van der Waals surface area contributed by atoms with E-state index in [0.717, 1.165) is 56.8 Å². The van der Waals surface area contributed by atoms with E-state index in [9.17, 15) is 4.39 Å². The molecule has 6 aromatic heterocycles. The molecule has 10 heteroatoms. The lowest BCUT2D eigenvalue weighted by atomic mass is 9.98. The van der Waals surface area contributed by atoms with Gasteiger partial charge in [0, 0.05) is 29.7 Å². The summed E-state index contributed by atoms with van der Waals surface area (Å²) in [6.07, 6.45) is 13.2. The number of imidazole rings is 1. The van der Waals surface area contributed by atoms with Crippen molar-refractivity contribution in [3.8, 4) is 39.0 Å². The average Bonchev–Trinajstić information content (AvgIpc) is 3.66. The molecule has 0 radical (unpaired) electrons. The molecule has 1 fully saturated rings. The fourth-order valence-electron chi connectivity index (χ4n) is 4.93. The maximum absolute atomic E-state index is 13.7. The van der Waals surface area contributed by atoms with Gasteiger partial charge in [-0.2, -0.15) is 9.49 Å². The number of fused-ring (bicyclic) bond motifs is 2. The van der Waals surface area contributed by atoms with E-state index in [1.54, 1.807) is 24.7 Å². The van der Waals surface area contributed by atoms with Gasteiger partial charge in [0.05, 0.1) is 28.1 Å². The summed E-state index contributed by atoms with van der Waals surface area (Å²) < 4.78 is 19.9. The van der Waals surface area contributed by atoms with E-state index in [4.69, 9.17) is 9.72 Å². The third kappa shape index (κ3) is 4.13. The minimum Gasteiger partial charge on any atom is -0.489 e. The van der Waals surface area contributed by atoms with Crippen molar-refractivity contribution in [1.82, 2.24) is 35.1 Å². The number of pyridine rings is 3. The molecular weight excluding hydrogens is 489 g/mol. The zero-order chi connectivity index (χ0) is 24.8. The Hall–Kier alpha value is -4.18. The standard InChI is InChI=1S/C27H22FN7OS/c28-22-7-6-21(37-22)25-24-20(8-9-30-25)32-27(33-24)23-19-11-16(13-31-26(19)35-34-23)15-10-18(14-29-12-15)36-17-4-2-1-3-5-17/h6-14,17H,1-5H2,(H,32,33)(H,31,34,35). The zero-order valence-electron chi connectivity index (χ0n) is 19.7. The Morgan fingerprint density at radius 1 is 0.946 bits per heavy atom. The van der Waals surface area contributed by atoms with E-state index < -0.39 is 0 Å². The molecule has 37 heavy (non-hydrogen) atoms.